The SMILES string of the molecule is NC(=S)N(Cl)Cc1ccccc1. The minimum atomic E-state index is 0.195. The van der Waals surface area contributed by atoms with E-state index in [1.54, 1.807) is 0 Å². The molecule has 0 aliphatic heterocycles. The molecule has 0 saturated carbocycles. The highest BCUT2D eigenvalue weighted by atomic mass is 35.5. The summed E-state index contributed by atoms with van der Waals surface area (Å²) in [6.45, 7) is 0.539. The van der Waals surface area contributed by atoms with Gasteiger partial charge in [-0.1, -0.05) is 30.3 Å². The summed E-state index contributed by atoms with van der Waals surface area (Å²) in [6, 6.07) is 9.77. The second-order valence-electron chi connectivity index (χ2n) is 2.34. The van der Waals surface area contributed by atoms with Crippen molar-refractivity contribution >= 4 is 29.1 Å². The van der Waals surface area contributed by atoms with Crippen LogP contribution in [0.4, 0.5) is 0 Å². The molecule has 0 radical (unpaired) electrons. The van der Waals surface area contributed by atoms with Gasteiger partial charge in [-0.25, -0.2) is 0 Å². The Balaban J connectivity index is 2.58. The van der Waals surface area contributed by atoms with Crippen LogP contribution in [0.25, 0.3) is 0 Å². The molecule has 0 amide bonds. The molecule has 0 aliphatic rings. The lowest BCUT2D eigenvalue weighted by molar-refractivity contribution is 0.657. The van der Waals surface area contributed by atoms with Crippen molar-refractivity contribution in [3.8, 4) is 0 Å². The number of halogens is 1. The van der Waals surface area contributed by atoms with E-state index in [9.17, 15) is 0 Å². The number of hydrogen-bond acceptors (Lipinski definition) is 1. The fraction of sp³-hybridized carbons (Fsp3) is 0.125. The maximum absolute atomic E-state index is 5.72. The molecule has 4 heteroatoms. The fourth-order valence-electron chi connectivity index (χ4n) is 0.822. The molecule has 0 atom stereocenters. The van der Waals surface area contributed by atoms with Gasteiger partial charge in [0.25, 0.3) is 0 Å². The van der Waals surface area contributed by atoms with Crippen LogP contribution in [0.3, 0.4) is 0 Å². The molecule has 64 valence electrons. The maximum Gasteiger partial charge on any atom is 0.181 e. The van der Waals surface area contributed by atoms with E-state index in [0.717, 1.165) is 5.56 Å². The topological polar surface area (TPSA) is 29.3 Å². The molecule has 2 nitrogen and oxygen atoms in total. The van der Waals surface area contributed by atoms with Gasteiger partial charge in [0.2, 0.25) is 0 Å². The number of rotatable bonds is 2. The van der Waals surface area contributed by atoms with Crippen molar-refractivity contribution < 1.29 is 0 Å². The molecular formula is C8H9ClN2S. The number of nitrogens with zero attached hydrogens (tertiary/aromatic N) is 1. The van der Waals surface area contributed by atoms with Crippen molar-refractivity contribution in [2.24, 2.45) is 5.73 Å². The highest BCUT2D eigenvalue weighted by Crippen LogP contribution is 2.05. The van der Waals surface area contributed by atoms with E-state index in [2.05, 4.69) is 12.2 Å². The summed E-state index contributed by atoms with van der Waals surface area (Å²) >= 11 is 10.4. The zero-order valence-electron chi connectivity index (χ0n) is 6.40. The molecule has 1 rings (SSSR count). The van der Waals surface area contributed by atoms with Crippen molar-refractivity contribution in [2.45, 2.75) is 6.54 Å². The van der Waals surface area contributed by atoms with Gasteiger partial charge in [0, 0.05) is 11.8 Å². The van der Waals surface area contributed by atoms with Crippen LogP contribution in [0, 0.1) is 0 Å². The lowest BCUT2D eigenvalue weighted by atomic mass is 10.2. The third-order valence-electron chi connectivity index (χ3n) is 1.40. The Hall–Kier alpha value is -0.800. The standard InChI is InChI=1S/C8H9ClN2S/c9-11(8(10)12)6-7-4-2-1-3-5-7/h1-5H,6H2,(H2,10,12). The minimum Gasteiger partial charge on any atom is -0.375 e. The van der Waals surface area contributed by atoms with E-state index in [1.807, 2.05) is 30.3 Å². The molecule has 0 fully saturated rings. The normalized spacial score (nSPS) is 9.42. The predicted molar refractivity (Wildman–Crippen MR) is 54.6 cm³/mol. The van der Waals surface area contributed by atoms with Gasteiger partial charge >= 0.3 is 0 Å². The van der Waals surface area contributed by atoms with Crippen LogP contribution in [-0.2, 0) is 6.54 Å². The average molecular weight is 201 g/mol. The second-order valence-corrected chi connectivity index (χ2v) is 3.17. The third-order valence-corrected chi connectivity index (χ3v) is 2.03. The summed E-state index contributed by atoms with van der Waals surface area (Å²) in [7, 11) is 0. The Morgan fingerprint density at radius 1 is 1.42 bits per heavy atom. The molecule has 1 aromatic carbocycles. The van der Waals surface area contributed by atoms with Crippen molar-refractivity contribution in [2.75, 3.05) is 0 Å². The molecule has 0 unspecified atom stereocenters. The molecule has 0 spiro atoms. The lowest BCUT2D eigenvalue weighted by Crippen LogP contribution is -2.26. The molecule has 0 saturated heterocycles. The number of nitrogens with two attached hydrogens (primary N) is 1. The van der Waals surface area contributed by atoms with Crippen molar-refractivity contribution in [3.05, 3.63) is 35.9 Å². The summed E-state index contributed by atoms with van der Waals surface area (Å²) in [5.74, 6) is 0. The minimum absolute atomic E-state index is 0.195. The lowest BCUT2D eigenvalue weighted by Gasteiger charge is -2.12. The Morgan fingerprint density at radius 2 is 2.00 bits per heavy atom. The van der Waals surface area contributed by atoms with Crippen LogP contribution in [0.15, 0.2) is 30.3 Å². The number of benzene rings is 1. The summed E-state index contributed by atoms with van der Waals surface area (Å²) < 4.78 is 1.31. The maximum atomic E-state index is 5.72. The summed E-state index contributed by atoms with van der Waals surface area (Å²) in [5, 5.41) is 0.195. The van der Waals surface area contributed by atoms with Gasteiger partial charge in [-0.15, -0.1) is 0 Å². The predicted octanol–water partition coefficient (Wildman–Crippen LogP) is 1.89. The summed E-state index contributed by atoms with van der Waals surface area (Å²) in [4.78, 5) is 0. The fourth-order valence-corrected chi connectivity index (χ4v) is 1.02. The van der Waals surface area contributed by atoms with Gasteiger partial charge in [-0.05, 0) is 17.8 Å². The van der Waals surface area contributed by atoms with Gasteiger partial charge in [0.05, 0.1) is 6.54 Å². The Kier molecular flexibility index (Phi) is 3.31. The monoisotopic (exact) mass is 200 g/mol. The summed E-state index contributed by atoms with van der Waals surface area (Å²) in [5.41, 5.74) is 6.39. The van der Waals surface area contributed by atoms with Crippen LogP contribution in [0.5, 0.6) is 0 Å². The first-order chi connectivity index (χ1) is 5.70. The summed E-state index contributed by atoms with van der Waals surface area (Å²) in [6.07, 6.45) is 0. The van der Waals surface area contributed by atoms with Gasteiger partial charge in [0.15, 0.2) is 5.11 Å². The van der Waals surface area contributed by atoms with E-state index >= 15 is 0 Å². The number of thiocarbonyl (C=S) groups is 1. The first-order valence-electron chi connectivity index (χ1n) is 3.47. The van der Waals surface area contributed by atoms with Crippen LogP contribution < -0.4 is 5.73 Å². The third kappa shape index (κ3) is 2.68. The molecule has 0 bridgehead atoms. The Morgan fingerprint density at radius 3 is 2.50 bits per heavy atom. The van der Waals surface area contributed by atoms with Crippen LogP contribution in [0.1, 0.15) is 5.56 Å². The highest BCUT2D eigenvalue weighted by Gasteiger charge is 2.01. The smallest absolute Gasteiger partial charge is 0.181 e. The Labute approximate surface area is 82.0 Å². The zero-order valence-corrected chi connectivity index (χ0v) is 7.98. The molecule has 0 heterocycles. The van der Waals surface area contributed by atoms with E-state index < -0.39 is 0 Å². The van der Waals surface area contributed by atoms with E-state index in [-0.39, 0.29) is 5.11 Å². The second kappa shape index (κ2) is 4.28. The number of hydrogen-bond donors (Lipinski definition) is 1. The van der Waals surface area contributed by atoms with Crippen molar-refractivity contribution in [1.82, 2.24) is 4.42 Å². The van der Waals surface area contributed by atoms with Gasteiger partial charge in [-0.3, -0.25) is 4.42 Å². The Bertz CT molecular complexity index is 263. The van der Waals surface area contributed by atoms with Crippen LogP contribution in [-0.4, -0.2) is 9.53 Å². The molecule has 0 aliphatic carbocycles. The van der Waals surface area contributed by atoms with Gasteiger partial charge in [-0.2, -0.15) is 0 Å². The van der Waals surface area contributed by atoms with Gasteiger partial charge < -0.3 is 5.73 Å². The first-order valence-corrected chi connectivity index (χ1v) is 4.21. The van der Waals surface area contributed by atoms with Gasteiger partial charge in [0.1, 0.15) is 0 Å². The van der Waals surface area contributed by atoms with E-state index in [4.69, 9.17) is 17.5 Å². The van der Waals surface area contributed by atoms with Crippen LogP contribution >= 0.6 is 24.0 Å². The molecular weight excluding hydrogens is 192 g/mol. The molecule has 12 heavy (non-hydrogen) atoms. The molecule has 1 aromatic rings. The largest absolute Gasteiger partial charge is 0.375 e. The van der Waals surface area contributed by atoms with E-state index in [1.165, 1.54) is 4.42 Å². The van der Waals surface area contributed by atoms with Crippen molar-refractivity contribution in [3.63, 3.8) is 0 Å². The van der Waals surface area contributed by atoms with E-state index in [0.29, 0.717) is 6.54 Å². The molecule has 0 aromatic heterocycles. The zero-order chi connectivity index (χ0) is 8.97. The van der Waals surface area contributed by atoms with Crippen molar-refractivity contribution in [1.29, 1.82) is 0 Å². The highest BCUT2D eigenvalue weighted by molar-refractivity contribution is 7.80. The average Bonchev–Trinajstić information content (AvgIpc) is 2.06. The first kappa shape index (κ1) is 9.29. The van der Waals surface area contributed by atoms with Crippen LogP contribution in [0.2, 0.25) is 0 Å². The molecule has 2 N–H and O–H groups in total. The quantitative estimate of drug-likeness (QED) is 0.584.